The van der Waals surface area contributed by atoms with Gasteiger partial charge in [0.2, 0.25) is 5.91 Å². The lowest BCUT2D eigenvalue weighted by molar-refractivity contribution is -0.140. The van der Waals surface area contributed by atoms with E-state index in [1.165, 1.54) is 27.8 Å². The van der Waals surface area contributed by atoms with E-state index in [9.17, 15) is 23.2 Å². The maximum absolute atomic E-state index is 15.4. The Labute approximate surface area is 227 Å². The lowest BCUT2D eigenvalue weighted by Gasteiger charge is -2.33. The Balaban J connectivity index is 1.52. The Kier molecular flexibility index (Phi) is 6.73. The predicted octanol–water partition coefficient (Wildman–Crippen LogP) is 5.74. The molecule has 4 aromatic rings. The Morgan fingerprint density at radius 3 is 2.55 bits per heavy atom. The summed E-state index contributed by atoms with van der Waals surface area (Å²) in [5.74, 6) is -0.583. The molecule has 0 fully saturated rings. The summed E-state index contributed by atoms with van der Waals surface area (Å²) in [7, 11) is 0. The topological polar surface area (TPSA) is 97.6 Å². The van der Waals surface area contributed by atoms with Gasteiger partial charge in [-0.05, 0) is 45.4 Å². The van der Waals surface area contributed by atoms with Crippen molar-refractivity contribution in [3.05, 3.63) is 59.3 Å². The van der Waals surface area contributed by atoms with Crippen LogP contribution in [0, 0.1) is 17.1 Å². The van der Waals surface area contributed by atoms with E-state index in [4.69, 9.17) is 0 Å². The van der Waals surface area contributed by atoms with Gasteiger partial charge in [-0.2, -0.15) is 28.6 Å². The molecule has 4 heterocycles. The zero-order valence-corrected chi connectivity index (χ0v) is 22.2. The minimum Gasteiger partial charge on any atom is -0.331 e. The van der Waals surface area contributed by atoms with Crippen molar-refractivity contribution in [2.75, 3.05) is 4.90 Å². The van der Waals surface area contributed by atoms with E-state index < -0.39 is 23.7 Å². The lowest BCUT2D eigenvalue weighted by atomic mass is 10.0. The number of imidazole rings is 1. The molecule has 1 aliphatic heterocycles. The molecule has 0 spiro atoms. The first-order valence-corrected chi connectivity index (χ1v) is 12.8. The number of halogens is 4. The third-order valence-electron chi connectivity index (χ3n) is 6.97. The number of anilines is 1. The number of carbonyl (C=O) groups excluding carboxylic acids is 1. The highest BCUT2D eigenvalue weighted by molar-refractivity contribution is 5.95. The molecule has 208 valence electrons. The van der Waals surface area contributed by atoms with Crippen molar-refractivity contribution in [1.29, 1.82) is 5.26 Å². The van der Waals surface area contributed by atoms with Crippen LogP contribution < -0.4 is 4.90 Å². The van der Waals surface area contributed by atoms with Gasteiger partial charge in [0.1, 0.15) is 34.9 Å². The minimum absolute atomic E-state index is 0.0375. The number of rotatable bonds is 6. The maximum atomic E-state index is 15.4. The van der Waals surface area contributed by atoms with Crippen LogP contribution in [-0.2, 0) is 24.1 Å². The van der Waals surface area contributed by atoms with Gasteiger partial charge in [0.25, 0.3) is 0 Å². The van der Waals surface area contributed by atoms with Gasteiger partial charge in [0.15, 0.2) is 5.69 Å². The molecule has 0 saturated heterocycles. The van der Waals surface area contributed by atoms with E-state index in [1.54, 1.807) is 35.3 Å². The van der Waals surface area contributed by atoms with Gasteiger partial charge >= 0.3 is 6.18 Å². The molecule has 1 atom stereocenters. The van der Waals surface area contributed by atoms with Crippen LogP contribution in [0.1, 0.15) is 63.0 Å². The number of nitrogens with zero attached hydrogens (tertiary/aromatic N) is 8. The van der Waals surface area contributed by atoms with E-state index in [0.717, 1.165) is 6.20 Å². The quantitative estimate of drug-likeness (QED) is 0.283. The largest absolute Gasteiger partial charge is 0.434 e. The first-order valence-electron chi connectivity index (χ1n) is 12.8. The highest BCUT2D eigenvalue weighted by Gasteiger charge is 2.36. The second kappa shape index (κ2) is 9.93. The van der Waals surface area contributed by atoms with Crippen molar-refractivity contribution in [1.82, 2.24) is 29.1 Å². The van der Waals surface area contributed by atoms with Crippen LogP contribution in [0.15, 0.2) is 36.7 Å². The first-order chi connectivity index (χ1) is 18.9. The fraction of sp³-hybridized carbons (Fsp3) is 0.370. The highest BCUT2D eigenvalue weighted by atomic mass is 19.4. The first kappa shape index (κ1) is 27.1. The smallest absolute Gasteiger partial charge is 0.331 e. The maximum Gasteiger partial charge on any atom is 0.434 e. The Morgan fingerprint density at radius 2 is 1.93 bits per heavy atom. The fourth-order valence-electron chi connectivity index (χ4n) is 4.97. The van der Waals surface area contributed by atoms with Crippen LogP contribution in [0.25, 0.3) is 22.8 Å². The van der Waals surface area contributed by atoms with Crippen molar-refractivity contribution in [3.8, 4) is 28.8 Å². The third kappa shape index (κ3) is 4.53. The van der Waals surface area contributed by atoms with Crippen molar-refractivity contribution in [2.45, 2.75) is 65.5 Å². The molecule has 3 aromatic heterocycles. The summed E-state index contributed by atoms with van der Waals surface area (Å²) in [6, 6.07) is 7.37. The van der Waals surface area contributed by atoms with Crippen LogP contribution in [0.2, 0.25) is 0 Å². The number of carbonyl (C=O) groups is 1. The predicted molar refractivity (Wildman–Crippen MR) is 137 cm³/mol. The molecule has 1 aromatic carbocycles. The molecule has 1 unspecified atom stereocenters. The number of alkyl halides is 3. The molecule has 0 bridgehead atoms. The molecule has 1 amide bonds. The standard InChI is InChI=1S/C27H26F4N8O/c1-5-36-14-22(27(29,30)31)34-26(36)19-7-6-17(10-20(19)28)16(4)38-23-11-21(35-37(23)9-8-24(38)40)25-18(12-32)13-33-39(25)15(2)3/h6-7,10-11,13-16H,5,8-9H2,1-4H3. The van der Waals surface area contributed by atoms with Crippen LogP contribution >= 0.6 is 0 Å². The van der Waals surface area contributed by atoms with E-state index in [2.05, 4.69) is 21.3 Å². The van der Waals surface area contributed by atoms with E-state index in [-0.39, 0.29) is 36.3 Å². The average Bonchev–Trinajstić information content (AvgIpc) is 3.63. The third-order valence-corrected chi connectivity index (χ3v) is 6.97. The number of hydrogen-bond acceptors (Lipinski definition) is 5. The summed E-state index contributed by atoms with van der Waals surface area (Å²) in [5.41, 5.74) is 0.657. The van der Waals surface area contributed by atoms with E-state index in [0.29, 0.717) is 34.9 Å². The molecule has 9 nitrogen and oxygen atoms in total. The number of benzene rings is 1. The van der Waals surface area contributed by atoms with Crippen LogP contribution in [-0.4, -0.2) is 35.0 Å². The minimum atomic E-state index is -4.66. The number of hydrogen-bond donors (Lipinski definition) is 0. The number of fused-ring (bicyclic) bond motifs is 1. The fourth-order valence-corrected chi connectivity index (χ4v) is 4.97. The summed E-state index contributed by atoms with van der Waals surface area (Å²) < 4.78 is 59.7. The molecule has 0 radical (unpaired) electrons. The van der Waals surface area contributed by atoms with E-state index in [1.807, 2.05) is 13.8 Å². The van der Waals surface area contributed by atoms with Crippen molar-refractivity contribution in [2.24, 2.45) is 0 Å². The molecular formula is C27H26F4N8O. The molecule has 40 heavy (non-hydrogen) atoms. The Morgan fingerprint density at radius 1 is 1.18 bits per heavy atom. The summed E-state index contributed by atoms with van der Waals surface area (Å²) in [4.78, 5) is 18.3. The normalized spacial score (nSPS) is 14.5. The molecule has 5 rings (SSSR count). The average molecular weight is 555 g/mol. The van der Waals surface area contributed by atoms with Crippen LogP contribution in [0.5, 0.6) is 0 Å². The zero-order valence-electron chi connectivity index (χ0n) is 22.2. The molecule has 13 heteroatoms. The van der Waals surface area contributed by atoms with Gasteiger partial charge in [-0.1, -0.05) is 6.07 Å². The monoisotopic (exact) mass is 554 g/mol. The Hall–Kier alpha value is -4.47. The van der Waals surface area contributed by atoms with Gasteiger partial charge in [-0.25, -0.2) is 14.1 Å². The summed E-state index contributed by atoms with van der Waals surface area (Å²) in [6.45, 7) is 7.76. The number of amides is 1. The highest BCUT2D eigenvalue weighted by Crippen LogP contribution is 2.37. The van der Waals surface area contributed by atoms with Gasteiger partial charge in [-0.3, -0.25) is 14.4 Å². The van der Waals surface area contributed by atoms with Crippen molar-refractivity contribution < 1.29 is 22.4 Å². The SMILES string of the molecule is CCn1cc(C(F)(F)F)nc1-c1ccc(C(C)N2C(=O)CCn3nc(-c4c(C#N)cnn4C(C)C)cc32)cc1F. The number of aryl methyl sites for hydroxylation is 2. The van der Waals surface area contributed by atoms with Gasteiger partial charge in [0.05, 0.1) is 29.9 Å². The lowest BCUT2D eigenvalue weighted by Crippen LogP contribution is -2.39. The summed E-state index contributed by atoms with van der Waals surface area (Å²) in [5, 5.41) is 18.6. The van der Waals surface area contributed by atoms with Crippen LogP contribution in [0.3, 0.4) is 0 Å². The molecular weight excluding hydrogens is 528 g/mol. The second-order valence-corrected chi connectivity index (χ2v) is 9.83. The van der Waals surface area contributed by atoms with E-state index >= 15 is 4.39 Å². The van der Waals surface area contributed by atoms with Crippen LogP contribution in [0.4, 0.5) is 23.4 Å². The zero-order chi connectivity index (χ0) is 28.9. The van der Waals surface area contributed by atoms with Crippen molar-refractivity contribution >= 4 is 11.7 Å². The second-order valence-electron chi connectivity index (χ2n) is 9.83. The molecule has 1 aliphatic rings. The van der Waals surface area contributed by atoms with Gasteiger partial charge in [0, 0.05) is 31.3 Å². The number of nitriles is 1. The van der Waals surface area contributed by atoms with Gasteiger partial charge < -0.3 is 4.57 Å². The van der Waals surface area contributed by atoms with Crippen molar-refractivity contribution in [3.63, 3.8) is 0 Å². The van der Waals surface area contributed by atoms with Gasteiger partial charge in [-0.15, -0.1) is 0 Å². The summed E-state index contributed by atoms with van der Waals surface area (Å²) in [6.07, 6.45) is -2.15. The molecule has 0 aliphatic carbocycles. The molecule has 0 N–H and O–H groups in total. The molecule has 0 saturated carbocycles. The summed E-state index contributed by atoms with van der Waals surface area (Å²) >= 11 is 0. The Bertz CT molecular complexity index is 1640. The number of aromatic nitrogens is 6.